The SMILES string of the molecule is COC[C@H](C)n1cnnc1-c1cccc(NC(=O)c2cc(-c3ccc(C4CC4)nc3)ccn2)c1. The lowest BCUT2D eigenvalue weighted by Crippen LogP contribution is -2.14. The highest BCUT2D eigenvalue weighted by molar-refractivity contribution is 6.03. The molecule has 1 aromatic carbocycles. The third-order valence-corrected chi connectivity index (χ3v) is 5.94. The number of rotatable bonds is 8. The Labute approximate surface area is 198 Å². The molecular formula is C26H26N6O2. The smallest absolute Gasteiger partial charge is 0.274 e. The summed E-state index contributed by atoms with van der Waals surface area (Å²) in [5.74, 6) is 1.04. The molecule has 1 fully saturated rings. The Morgan fingerprint density at radius 1 is 1.12 bits per heavy atom. The van der Waals surface area contributed by atoms with E-state index in [1.807, 2.05) is 48.0 Å². The van der Waals surface area contributed by atoms with Crippen LogP contribution in [0, 0.1) is 0 Å². The number of ether oxygens (including phenoxy) is 1. The van der Waals surface area contributed by atoms with Gasteiger partial charge in [-0.3, -0.25) is 14.8 Å². The highest BCUT2D eigenvalue weighted by Crippen LogP contribution is 2.39. The van der Waals surface area contributed by atoms with E-state index in [2.05, 4.69) is 37.6 Å². The number of hydrogen-bond donors (Lipinski definition) is 1. The number of carbonyl (C=O) groups is 1. The number of nitrogens with zero attached hydrogens (tertiary/aromatic N) is 5. The van der Waals surface area contributed by atoms with Gasteiger partial charge in [0.15, 0.2) is 5.82 Å². The third-order valence-electron chi connectivity index (χ3n) is 5.94. The minimum Gasteiger partial charge on any atom is -0.383 e. The summed E-state index contributed by atoms with van der Waals surface area (Å²) in [4.78, 5) is 21.8. The standard InChI is InChI=1S/C26H26N6O2/c1-17(15-34-2)32-16-29-31-25(32)20-4-3-5-22(12-20)30-26(33)24-13-19(10-11-27-24)21-8-9-23(28-14-21)18-6-7-18/h3-5,8-14,16-18H,6-7,15H2,1-2H3,(H,30,33)/t17-/m0/s1. The molecule has 8 nitrogen and oxygen atoms in total. The number of anilines is 1. The lowest BCUT2D eigenvalue weighted by Gasteiger charge is -2.15. The molecule has 34 heavy (non-hydrogen) atoms. The highest BCUT2D eigenvalue weighted by atomic mass is 16.5. The van der Waals surface area contributed by atoms with Gasteiger partial charge in [-0.1, -0.05) is 18.2 Å². The molecule has 172 valence electrons. The molecule has 8 heteroatoms. The number of benzene rings is 1. The Morgan fingerprint density at radius 3 is 2.76 bits per heavy atom. The minimum atomic E-state index is -0.282. The summed E-state index contributed by atoms with van der Waals surface area (Å²) in [5, 5.41) is 11.3. The fourth-order valence-electron chi connectivity index (χ4n) is 3.96. The van der Waals surface area contributed by atoms with E-state index in [1.165, 1.54) is 12.8 Å². The molecule has 3 aromatic heterocycles. The van der Waals surface area contributed by atoms with Gasteiger partial charge in [0, 0.05) is 47.9 Å². The summed E-state index contributed by atoms with van der Waals surface area (Å²) >= 11 is 0. The molecule has 1 atom stereocenters. The first-order chi connectivity index (χ1) is 16.6. The second-order valence-electron chi connectivity index (χ2n) is 8.58. The maximum absolute atomic E-state index is 13.0. The first-order valence-corrected chi connectivity index (χ1v) is 11.3. The number of amides is 1. The van der Waals surface area contributed by atoms with Crippen molar-refractivity contribution in [3.05, 3.63) is 78.6 Å². The van der Waals surface area contributed by atoms with Crippen LogP contribution in [0.15, 0.2) is 67.3 Å². The number of aromatic nitrogens is 5. The van der Waals surface area contributed by atoms with Gasteiger partial charge in [-0.2, -0.15) is 0 Å². The topological polar surface area (TPSA) is 94.8 Å². The van der Waals surface area contributed by atoms with Crippen LogP contribution in [0.2, 0.25) is 0 Å². The molecule has 1 aliphatic rings. The summed E-state index contributed by atoms with van der Waals surface area (Å²) in [6.07, 6.45) is 7.64. The van der Waals surface area contributed by atoms with Crippen molar-refractivity contribution >= 4 is 11.6 Å². The van der Waals surface area contributed by atoms with Gasteiger partial charge in [-0.05, 0) is 55.7 Å². The maximum atomic E-state index is 13.0. The van der Waals surface area contributed by atoms with Gasteiger partial charge in [0.2, 0.25) is 0 Å². The summed E-state index contributed by atoms with van der Waals surface area (Å²) in [6.45, 7) is 2.58. The van der Waals surface area contributed by atoms with Crippen LogP contribution < -0.4 is 5.32 Å². The summed E-state index contributed by atoms with van der Waals surface area (Å²) in [6, 6.07) is 15.4. The lowest BCUT2D eigenvalue weighted by atomic mass is 10.1. The quantitative estimate of drug-likeness (QED) is 0.413. The number of nitrogens with one attached hydrogen (secondary N) is 1. The predicted molar refractivity (Wildman–Crippen MR) is 129 cm³/mol. The lowest BCUT2D eigenvalue weighted by molar-refractivity contribution is 0.102. The van der Waals surface area contributed by atoms with Crippen LogP contribution in [0.5, 0.6) is 0 Å². The first-order valence-electron chi connectivity index (χ1n) is 11.3. The average Bonchev–Trinajstić information content (AvgIpc) is 3.60. The van der Waals surface area contributed by atoms with Crippen molar-refractivity contribution in [2.45, 2.75) is 31.7 Å². The van der Waals surface area contributed by atoms with E-state index in [9.17, 15) is 4.79 Å². The van der Waals surface area contributed by atoms with Crippen LogP contribution in [0.3, 0.4) is 0 Å². The van der Waals surface area contributed by atoms with Crippen LogP contribution >= 0.6 is 0 Å². The van der Waals surface area contributed by atoms with Crippen LogP contribution in [0.25, 0.3) is 22.5 Å². The van der Waals surface area contributed by atoms with Gasteiger partial charge in [0.1, 0.15) is 12.0 Å². The molecule has 0 radical (unpaired) electrons. The van der Waals surface area contributed by atoms with Crippen molar-refractivity contribution in [2.24, 2.45) is 0 Å². The van der Waals surface area contributed by atoms with E-state index >= 15 is 0 Å². The Balaban J connectivity index is 1.33. The molecule has 3 heterocycles. The van der Waals surface area contributed by atoms with Gasteiger partial charge in [0.05, 0.1) is 12.6 Å². The Morgan fingerprint density at radius 2 is 2.00 bits per heavy atom. The Kier molecular flexibility index (Phi) is 6.14. The van der Waals surface area contributed by atoms with Crippen LogP contribution in [-0.4, -0.2) is 44.4 Å². The van der Waals surface area contributed by atoms with Gasteiger partial charge >= 0.3 is 0 Å². The largest absolute Gasteiger partial charge is 0.383 e. The Bertz CT molecular complexity index is 1300. The van der Waals surface area contributed by atoms with E-state index < -0.39 is 0 Å². The van der Waals surface area contributed by atoms with E-state index in [1.54, 1.807) is 25.7 Å². The van der Waals surface area contributed by atoms with Gasteiger partial charge < -0.3 is 14.6 Å². The van der Waals surface area contributed by atoms with Crippen molar-refractivity contribution in [1.82, 2.24) is 24.7 Å². The van der Waals surface area contributed by atoms with Crippen LogP contribution in [-0.2, 0) is 4.74 Å². The van der Waals surface area contributed by atoms with Gasteiger partial charge in [-0.25, -0.2) is 0 Å². The molecule has 1 aliphatic carbocycles. The zero-order valence-corrected chi connectivity index (χ0v) is 19.2. The zero-order valence-electron chi connectivity index (χ0n) is 19.2. The van der Waals surface area contributed by atoms with E-state index in [0.717, 1.165) is 22.4 Å². The van der Waals surface area contributed by atoms with E-state index in [-0.39, 0.29) is 11.9 Å². The summed E-state index contributed by atoms with van der Waals surface area (Å²) in [5.41, 5.74) is 4.85. The molecule has 4 aromatic rings. The number of carbonyl (C=O) groups excluding carboxylic acids is 1. The Hall–Kier alpha value is -3.91. The van der Waals surface area contributed by atoms with Crippen molar-refractivity contribution in [3.8, 4) is 22.5 Å². The van der Waals surface area contributed by atoms with Gasteiger partial charge in [0.25, 0.3) is 5.91 Å². The van der Waals surface area contributed by atoms with Crippen LogP contribution in [0.1, 0.15) is 47.9 Å². The second kappa shape index (κ2) is 9.52. The average molecular weight is 455 g/mol. The molecule has 0 spiro atoms. The van der Waals surface area contributed by atoms with E-state index in [4.69, 9.17) is 4.74 Å². The third kappa shape index (κ3) is 4.72. The first kappa shape index (κ1) is 21.9. The summed E-state index contributed by atoms with van der Waals surface area (Å²) in [7, 11) is 1.67. The zero-order chi connectivity index (χ0) is 23.5. The maximum Gasteiger partial charge on any atom is 0.274 e. The fourth-order valence-corrected chi connectivity index (χ4v) is 3.96. The predicted octanol–water partition coefficient (Wildman–Crippen LogP) is 4.74. The molecule has 1 saturated carbocycles. The fraction of sp³-hybridized carbons (Fsp3) is 0.269. The molecule has 1 N–H and O–H groups in total. The monoisotopic (exact) mass is 454 g/mol. The molecule has 0 bridgehead atoms. The number of methoxy groups -OCH3 is 1. The number of hydrogen-bond acceptors (Lipinski definition) is 6. The summed E-state index contributed by atoms with van der Waals surface area (Å²) < 4.78 is 7.22. The molecular weight excluding hydrogens is 428 g/mol. The van der Waals surface area contributed by atoms with Crippen molar-refractivity contribution in [1.29, 1.82) is 0 Å². The highest BCUT2D eigenvalue weighted by Gasteiger charge is 2.24. The van der Waals surface area contributed by atoms with Crippen LogP contribution in [0.4, 0.5) is 5.69 Å². The minimum absolute atomic E-state index is 0.0769. The normalized spacial score (nSPS) is 14.1. The molecule has 0 saturated heterocycles. The van der Waals surface area contributed by atoms with Crippen molar-refractivity contribution in [3.63, 3.8) is 0 Å². The molecule has 1 amide bonds. The second-order valence-corrected chi connectivity index (χ2v) is 8.58. The van der Waals surface area contributed by atoms with Crippen molar-refractivity contribution in [2.75, 3.05) is 19.0 Å². The van der Waals surface area contributed by atoms with Crippen molar-refractivity contribution < 1.29 is 9.53 Å². The molecule has 0 aliphatic heterocycles. The number of pyridine rings is 2. The molecule has 5 rings (SSSR count). The van der Waals surface area contributed by atoms with E-state index in [0.29, 0.717) is 29.7 Å². The van der Waals surface area contributed by atoms with Gasteiger partial charge in [-0.15, -0.1) is 10.2 Å². The molecule has 0 unspecified atom stereocenters.